The fourth-order valence-corrected chi connectivity index (χ4v) is 4.44. The fourth-order valence-electron chi connectivity index (χ4n) is 3.92. The molecule has 152 valence electrons. The van der Waals surface area contributed by atoms with Gasteiger partial charge >= 0.3 is 0 Å². The van der Waals surface area contributed by atoms with Crippen LogP contribution in [-0.2, 0) is 11.2 Å². The minimum atomic E-state index is 0.291. The lowest BCUT2D eigenvalue weighted by molar-refractivity contribution is 0.190. The SMILES string of the molecule is COCCCC(Cc1c(Cl)cncc1Cl)c1ccc(C)c(OC2CCCC2)c1. The first-order chi connectivity index (χ1) is 13.6. The second-order valence-corrected chi connectivity index (χ2v) is 8.48. The monoisotopic (exact) mass is 421 g/mol. The van der Waals surface area contributed by atoms with Crippen LogP contribution in [0.4, 0.5) is 0 Å². The first-order valence-corrected chi connectivity index (χ1v) is 10.9. The van der Waals surface area contributed by atoms with Crippen molar-refractivity contribution in [3.63, 3.8) is 0 Å². The van der Waals surface area contributed by atoms with Crippen LogP contribution in [0, 0.1) is 6.92 Å². The van der Waals surface area contributed by atoms with Crippen molar-refractivity contribution in [2.24, 2.45) is 0 Å². The van der Waals surface area contributed by atoms with Crippen LogP contribution in [0.15, 0.2) is 30.6 Å². The van der Waals surface area contributed by atoms with Crippen molar-refractivity contribution in [2.45, 2.75) is 63.9 Å². The van der Waals surface area contributed by atoms with Crippen LogP contribution < -0.4 is 4.74 Å². The van der Waals surface area contributed by atoms with Crippen LogP contribution in [0.2, 0.25) is 10.0 Å². The Hall–Kier alpha value is -1.29. The van der Waals surface area contributed by atoms with E-state index in [0.29, 0.717) is 22.1 Å². The number of hydrogen-bond donors (Lipinski definition) is 0. The Kier molecular flexibility index (Phi) is 8.01. The summed E-state index contributed by atoms with van der Waals surface area (Å²) in [5, 5.41) is 1.25. The maximum absolute atomic E-state index is 6.40. The van der Waals surface area contributed by atoms with Gasteiger partial charge in [-0.15, -0.1) is 0 Å². The molecule has 28 heavy (non-hydrogen) atoms. The normalized spacial score (nSPS) is 15.7. The first kappa shape index (κ1) is 21.4. The molecule has 0 saturated heterocycles. The average Bonchev–Trinajstić information content (AvgIpc) is 3.18. The third-order valence-corrected chi connectivity index (χ3v) is 6.23. The van der Waals surface area contributed by atoms with Crippen molar-refractivity contribution >= 4 is 23.2 Å². The number of hydrogen-bond acceptors (Lipinski definition) is 3. The summed E-state index contributed by atoms with van der Waals surface area (Å²) >= 11 is 12.8. The summed E-state index contributed by atoms with van der Waals surface area (Å²) in [6.07, 6.45) is 11.3. The zero-order valence-electron chi connectivity index (χ0n) is 16.7. The van der Waals surface area contributed by atoms with Gasteiger partial charge in [0.2, 0.25) is 0 Å². The second kappa shape index (κ2) is 10.5. The number of methoxy groups -OCH3 is 1. The molecule has 0 radical (unpaired) electrons. The van der Waals surface area contributed by atoms with E-state index in [4.69, 9.17) is 32.7 Å². The zero-order chi connectivity index (χ0) is 19.9. The quantitative estimate of drug-likeness (QED) is 0.418. The summed E-state index contributed by atoms with van der Waals surface area (Å²) in [6.45, 7) is 2.86. The molecule has 0 amide bonds. The highest BCUT2D eigenvalue weighted by atomic mass is 35.5. The summed E-state index contributed by atoms with van der Waals surface area (Å²) in [5.74, 6) is 1.30. The molecule has 1 fully saturated rings. The highest BCUT2D eigenvalue weighted by Crippen LogP contribution is 2.35. The maximum atomic E-state index is 6.40. The highest BCUT2D eigenvalue weighted by molar-refractivity contribution is 6.35. The Bertz CT molecular complexity index is 755. The molecule has 1 heterocycles. The molecule has 3 rings (SSSR count). The first-order valence-electron chi connectivity index (χ1n) is 10.1. The van der Waals surface area contributed by atoms with Gasteiger partial charge < -0.3 is 9.47 Å². The van der Waals surface area contributed by atoms with Crippen molar-refractivity contribution in [1.82, 2.24) is 4.98 Å². The molecule has 1 aliphatic rings. The Morgan fingerprint density at radius 2 is 1.86 bits per heavy atom. The second-order valence-electron chi connectivity index (χ2n) is 7.67. The lowest BCUT2D eigenvalue weighted by atomic mass is 9.88. The summed E-state index contributed by atoms with van der Waals surface area (Å²) in [4.78, 5) is 4.08. The molecule has 3 nitrogen and oxygen atoms in total. The Morgan fingerprint density at radius 1 is 1.14 bits per heavy atom. The van der Waals surface area contributed by atoms with E-state index in [9.17, 15) is 0 Å². The number of nitrogens with zero attached hydrogens (tertiary/aromatic N) is 1. The number of pyridine rings is 1. The molecule has 1 atom stereocenters. The number of rotatable bonds is 9. The molecular formula is C23H29Cl2NO2. The van der Waals surface area contributed by atoms with E-state index in [1.807, 2.05) is 0 Å². The van der Waals surface area contributed by atoms with Crippen LogP contribution in [0.3, 0.4) is 0 Å². The lowest BCUT2D eigenvalue weighted by Crippen LogP contribution is -2.12. The number of aryl methyl sites for hydroxylation is 1. The van der Waals surface area contributed by atoms with Crippen LogP contribution in [0.25, 0.3) is 0 Å². The molecule has 1 aromatic heterocycles. The summed E-state index contributed by atoms with van der Waals surface area (Å²) < 4.78 is 11.6. The predicted molar refractivity (Wildman–Crippen MR) is 116 cm³/mol. The summed E-state index contributed by atoms with van der Waals surface area (Å²) in [5.41, 5.74) is 3.41. The smallest absolute Gasteiger partial charge is 0.122 e. The van der Waals surface area contributed by atoms with E-state index < -0.39 is 0 Å². The van der Waals surface area contributed by atoms with Gasteiger partial charge in [0, 0.05) is 26.1 Å². The molecule has 1 aliphatic carbocycles. The Labute approximate surface area is 178 Å². The fraction of sp³-hybridized carbons (Fsp3) is 0.522. The van der Waals surface area contributed by atoms with Gasteiger partial charge in [0.15, 0.2) is 0 Å². The molecule has 2 aromatic rings. The van der Waals surface area contributed by atoms with Crippen LogP contribution in [0.1, 0.15) is 61.1 Å². The highest BCUT2D eigenvalue weighted by Gasteiger charge is 2.20. The van der Waals surface area contributed by atoms with Gasteiger partial charge in [-0.05, 0) is 80.5 Å². The van der Waals surface area contributed by atoms with E-state index >= 15 is 0 Å². The van der Waals surface area contributed by atoms with Gasteiger partial charge in [-0.25, -0.2) is 0 Å². The van der Waals surface area contributed by atoms with Crippen LogP contribution in [-0.4, -0.2) is 24.8 Å². The van der Waals surface area contributed by atoms with E-state index in [2.05, 4.69) is 30.1 Å². The van der Waals surface area contributed by atoms with Crippen LogP contribution in [0.5, 0.6) is 5.75 Å². The lowest BCUT2D eigenvalue weighted by Gasteiger charge is -2.22. The number of halogens is 2. The number of aromatic nitrogens is 1. The molecular weight excluding hydrogens is 393 g/mol. The van der Waals surface area contributed by atoms with E-state index in [-0.39, 0.29) is 0 Å². The zero-order valence-corrected chi connectivity index (χ0v) is 18.2. The molecule has 0 bridgehead atoms. The standard InChI is InChI=1S/C23H29Cl2NO2/c1-16-9-10-18(13-23(16)28-19-7-3-4-8-19)17(6-5-11-27-2)12-20-21(24)14-26-15-22(20)25/h9-10,13-15,17,19H,3-8,11-12H2,1-2H3. The third-order valence-electron chi connectivity index (χ3n) is 5.58. The van der Waals surface area contributed by atoms with Gasteiger partial charge in [0.1, 0.15) is 5.75 Å². The van der Waals surface area contributed by atoms with Crippen molar-refractivity contribution in [2.75, 3.05) is 13.7 Å². The maximum Gasteiger partial charge on any atom is 0.122 e. The van der Waals surface area contributed by atoms with E-state index in [0.717, 1.165) is 50.0 Å². The molecule has 0 N–H and O–H groups in total. The molecule has 0 aliphatic heterocycles. The van der Waals surface area contributed by atoms with Gasteiger partial charge in [-0.3, -0.25) is 4.98 Å². The number of benzene rings is 1. The molecule has 1 aromatic carbocycles. The van der Waals surface area contributed by atoms with Crippen molar-refractivity contribution < 1.29 is 9.47 Å². The minimum absolute atomic E-state index is 0.291. The van der Waals surface area contributed by atoms with E-state index in [1.165, 1.54) is 24.0 Å². The van der Waals surface area contributed by atoms with Crippen molar-refractivity contribution in [1.29, 1.82) is 0 Å². The average molecular weight is 422 g/mol. The molecule has 0 spiro atoms. The summed E-state index contributed by atoms with van der Waals surface area (Å²) in [7, 11) is 1.74. The van der Waals surface area contributed by atoms with Gasteiger partial charge in [0.25, 0.3) is 0 Å². The minimum Gasteiger partial charge on any atom is -0.490 e. The van der Waals surface area contributed by atoms with Gasteiger partial charge in [-0.1, -0.05) is 35.3 Å². The van der Waals surface area contributed by atoms with Crippen molar-refractivity contribution in [3.8, 4) is 5.75 Å². The largest absolute Gasteiger partial charge is 0.490 e. The summed E-state index contributed by atoms with van der Waals surface area (Å²) in [6, 6.07) is 6.59. The Balaban J connectivity index is 1.84. The molecule has 1 unspecified atom stereocenters. The predicted octanol–water partition coefficient (Wildman–Crippen LogP) is 6.77. The molecule has 1 saturated carbocycles. The topological polar surface area (TPSA) is 31.4 Å². The molecule has 5 heteroatoms. The number of ether oxygens (including phenoxy) is 2. The Morgan fingerprint density at radius 3 is 2.54 bits per heavy atom. The van der Waals surface area contributed by atoms with Gasteiger partial charge in [0.05, 0.1) is 16.1 Å². The van der Waals surface area contributed by atoms with Crippen molar-refractivity contribution in [3.05, 3.63) is 57.3 Å². The van der Waals surface area contributed by atoms with Gasteiger partial charge in [-0.2, -0.15) is 0 Å². The van der Waals surface area contributed by atoms with Crippen LogP contribution >= 0.6 is 23.2 Å². The van der Waals surface area contributed by atoms with E-state index in [1.54, 1.807) is 19.5 Å². The third kappa shape index (κ3) is 5.62.